The molecule has 106 heavy (non-hydrogen) atoms. The number of nitrogens with zero attached hydrogens (tertiary/aromatic N) is 15. The highest BCUT2D eigenvalue weighted by molar-refractivity contribution is 5.12. The van der Waals surface area contributed by atoms with Crippen LogP contribution < -0.4 is 0 Å². The van der Waals surface area contributed by atoms with Crippen LogP contribution in [0.5, 0.6) is 0 Å². The summed E-state index contributed by atoms with van der Waals surface area (Å²) in [6.45, 7) is 71.6. The highest BCUT2D eigenvalue weighted by Gasteiger charge is 1.81. The Morgan fingerprint density at radius 2 is 0.689 bits per heavy atom. The number of rotatable bonds is 0. The quantitative estimate of drug-likeness (QED) is 0.138. The molecule has 0 unspecified atom stereocenters. The first-order valence-electron chi connectivity index (χ1n) is 37.7. The lowest BCUT2D eigenvalue weighted by molar-refractivity contribution is 0.534. The van der Waals surface area contributed by atoms with Crippen LogP contribution in [0.2, 0.25) is 0 Å². The minimum absolute atomic E-state index is 0.822. The molecule has 11 heterocycles. The fraction of sp³-hybridized carbons (Fsp3) is 0.404. The van der Waals surface area contributed by atoms with Gasteiger partial charge in [0.15, 0.2) is 0 Å². The molecule has 0 spiro atoms. The fourth-order valence-corrected chi connectivity index (χ4v) is 4.76. The number of hydrogen-bond donors (Lipinski definition) is 0. The average Bonchev–Trinajstić information content (AvgIpc) is 3.29. The van der Waals surface area contributed by atoms with E-state index in [-0.39, 0.29) is 0 Å². The largest absolute Gasteiger partial charge is 0.472 e. The Morgan fingerprint density at radius 1 is 0.226 bits per heavy atom. The maximum absolute atomic E-state index is 4.83. The van der Waals surface area contributed by atoms with Gasteiger partial charge >= 0.3 is 0 Å². The molecule has 12 aromatic rings. The van der Waals surface area contributed by atoms with E-state index < -0.39 is 0 Å². The molecule has 11 aromatic heterocycles. The Morgan fingerprint density at radius 3 is 0.896 bits per heavy atom. The first kappa shape index (κ1) is 123. The highest BCUT2D eigenvalue weighted by atomic mass is 16.3. The number of pyridine rings is 3. The van der Waals surface area contributed by atoms with Crippen molar-refractivity contribution < 1.29 is 8.83 Å². The number of aromatic nitrogens is 15. The van der Waals surface area contributed by atoms with E-state index in [4.69, 9.17) is 8.83 Å². The minimum atomic E-state index is 0.822. The summed E-state index contributed by atoms with van der Waals surface area (Å²) in [5.74, 6) is 1.79. The molecule has 592 valence electrons. The first-order valence-corrected chi connectivity index (χ1v) is 37.7. The predicted molar refractivity (Wildman–Crippen MR) is 462 cm³/mol. The Kier molecular flexibility index (Phi) is 137. The standard InChI is InChI=1S/C7H8.3C6H7N.6C5H6N2.2C5H6O.12C2H6/c1-7-5-3-2-4-6-7;1-6-2-4-7-5-3-6;1-6-3-2-4-7-5-6;1-6-4-2-3-5-7-6;1-5-2-6-4-7-3-5;1-5-4-6-2-3-7-5;1-5-2-3-6-4-7-5;1-5-2-3-6-7-4-5;1-5-6-3-2-4-7-5;1-5-3-2-4-6-7-5;1-5-2-3-6-4-5;1-5-3-2-4-6-5;12*1-2/h2-6H,1H3;3*2-5H,1H3;6*2-4H,1H3;2*2-4H,1H3;12*1-2H3. The Labute approximate surface area is 649 Å². The second-order valence-electron chi connectivity index (χ2n) is 16.9. The maximum atomic E-state index is 4.83. The highest BCUT2D eigenvalue weighted by Crippen LogP contribution is 1.96. The van der Waals surface area contributed by atoms with E-state index in [0.29, 0.717) is 0 Å². The van der Waals surface area contributed by atoms with Crippen LogP contribution in [0.15, 0.2) is 261 Å². The minimum Gasteiger partial charge on any atom is -0.472 e. The number of aryl methyl sites for hydroxylation is 12. The van der Waals surface area contributed by atoms with E-state index in [1.165, 1.54) is 34.9 Å². The van der Waals surface area contributed by atoms with Crippen molar-refractivity contribution in [3.8, 4) is 0 Å². The van der Waals surface area contributed by atoms with Crippen LogP contribution in [0.4, 0.5) is 0 Å². The second kappa shape index (κ2) is 119. The molecule has 0 aliphatic rings. The van der Waals surface area contributed by atoms with E-state index in [1.807, 2.05) is 352 Å². The summed E-state index contributed by atoms with van der Waals surface area (Å²) < 4.78 is 9.55. The Hall–Kier alpha value is -10.3. The van der Waals surface area contributed by atoms with Gasteiger partial charge in [-0.3, -0.25) is 24.9 Å². The van der Waals surface area contributed by atoms with Crippen LogP contribution in [0.3, 0.4) is 0 Å². The molecule has 1 aromatic carbocycles. The molecule has 0 saturated carbocycles. The van der Waals surface area contributed by atoms with E-state index in [0.717, 1.165) is 45.5 Å². The SMILES string of the molecule is CC.CC.CC.CC.CC.CC.CC.CC.CC.CC.CC.CC.Cc1ccccc1.Cc1ccccn1.Cc1cccnc1.Cc1cccnn1.Cc1ccco1.Cc1ccncc1.Cc1ccncn1.Cc1ccnnc1.Cc1ccoc1.Cc1cnccn1.Cc1cncnc1.Cc1ncccn1. The van der Waals surface area contributed by atoms with Crippen molar-refractivity contribution >= 4 is 0 Å². The van der Waals surface area contributed by atoms with Crippen LogP contribution in [0.25, 0.3) is 0 Å². The molecule has 0 saturated heterocycles. The van der Waals surface area contributed by atoms with Crippen molar-refractivity contribution in [1.82, 2.24) is 75.2 Å². The molecule has 0 fully saturated rings. The van der Waals surface area contributed by atoms with Crippen molar-refractivity contribution in [2.24, 2.45) is 0 Å². The van der Waals surface area contributed by atoms with E-state index in [9.17, 15) is 0 Å². The van der Waals surface area contributed by atoms with E-state index in [1.54, 1.807) is 118 Å². The molecule has 0 N–H and O–H groups in total. The molecule has 0 bridgehead atoms. The summed E-state index contributed by atoms with van der Waals surface area (Å²) in [5, 5.41) is 14.6. The van der Waals surface area contributed by atoms with Gasteiger partial charge in [0.1, 0.15) is 24.2 Å². The third-order valence-electron chi connectivity index (χ3n) is 8.98. The third-order valence-corrected chi connectivity index (χ3v) is 8.98. The van der Waals surface area contributed by atoms with Gasteiger partial charge < -0.3 is 8.83 Å². The van der Waals surface area contributed by atoms with Gasteiger partial charge in [0.25, 0.3) is 0 Å². The van der Waals surface area contributed by atoms with Crippen molar-refractivity contribution in [1.29, 1.82) is 0 Å². The smallest absolute Gasteiger partial charge is 0.125 e. The van der Waals surface area contributed by atoms with Gasteiger partial charge in [-0.2, -0.15) is 20.4 Å². The molecular formula is C89H149N15O2. The molecule has 12 rings (SSSR count). The monoisotopic (exact) mass is 1460 g/mol. The zero-order valence-electron chi connectivity index (χ0n) is 73.2. The fourth-order valence-electron chi connectivity index (χ4n) is 4.76. The summed E-state index contributed by atoms with van der Waals surface area (Å²) in [4.78, 5) is 42.3. The third kappa shape index (κ3) is 115. The molecule has 17 nitrogen and oxygen atoms in total. The number of benzene rings is 1. The van der Waals surface area contributed by atoms with E-state index >= 15 is 0 Å². The van der Waals surface area contributed by atoms with Gasteiger partial charge in [0, 0.05) is 104 Å². The maximum Gasteiger partial charge on any atom is 0.125 e. The number of hydrogen-bond acceptors (Lipinski definition) is 17. The summed E-state index contributed by atoms with van der Waals surface area (Å²) in [6, 6.07) is 39.1. The normalized spacial score (nSPS) is 7.43. The van der Waals surface area contributed by atoms with Gasteiger partial charge in [0.2, 0.25) is 0 Å². The Balaban J connectivity index is -0.0000000886. The van der Waals surface area contributed by atoms with E-state index in [2.05, 4.69) is 94.3 Å². The lowest BCUT2D eigenvalue weighted by atomic mass is 10.2. The van der Waals surface area contributed by atoms with Crippen LogP contribution in [-0.4, -0.2) is 75.2 Å². The number of furan rings is 2. The molecule has 0 aliphatic carbocycles. The van der Waals surface area contributed by atoms with Crippen molar-refractivity contribution in [3.63, 3.8) is 0 Å². The zero-order chi connectivity index (χ0) is 83.9. The van der Waals surface area contributed by atoms with Gasteiger partial charge in [-0.1, -0.05) is 214 Å². The molecule has 0 radical (unpaired) electrons. The topological polar surface area (TPSA) is 220 Å². The summed E-state index contributed by atoms with van der Waals surface area (Å²) >= 11 is 0. The van der Waals surface area contributed by atoms with Gasteiger partial charge in [-0.15, -0.1) is 0 Å². The molecule has 0 amide bonds. The summed E-state index contributed by atoms with van der Waals surface area (Å²) in [6.07, 6.45) is 35.9. The van der Waals surface area contributed by atoms with Crippen LogP contribution in [-0.2, 0) is 0 Å². The van der Waals surface area contributed by atoms with Crippen LogP contribution >= 0.6 is 0 Å². The molecular weight excluding hydrogens is 1310 g/mol. The summed E-state index contributed by atoms with van der Waals surface area (Å²) in [5.41, 5.74) is 11.2. The molecule has 0 aliphatic heterocycles. The van der Waals surface area contributed by atoms with Crippen molar-refractivity contribution in [3.05, 3.63) is 320 Å². The predicted octanol–water partition coefficient (Wildman–Crippen LogP) is 26.4. The first-order chi connectivity index (χ1) is 51.7. The van der Waals surface area contributed by atoms with Crippen molar-refractivity contribution in [2.45, 2.75) is 249 Å². The lowest BCUT2D eigenvalue weighted by Crippen LogP contribution is -1.80. The van der Waals surface area contributed by atoms with Gasteiger partial charge in [-0.25, -0.2) is 29.9 Å². The summed E-state index contributed by atoms with van der Waals surface area (Å²) in [7, 11) is 0. The zero-order valence-corrected chi connectivity index (χ0v) is 73.2. The van der Waals surface area contributed by atoms with Gasteiger partial charge in [-0.05, 0) is 190 Å². The van der Waals surface area contributed by atoms with Gasteiger partial charge in [0.05, 0.1) is 36.4 Å². The Bertz CT molecular complexity index is 2500. The van der Waals surface area contributed by atoms with Crippen LogP contribution in [0, 0.1) is 83.1 Å². The lowest BCUT2D eigenvalue weighted by Gasteiger charge is -1.82. The second-order valence-corrected chi connectivity index (χ2v) is 16.9. The molecule has 0 atom stereocenters. The molecule has 17 heteroatoms. The van der Waals surface area contributed by atoms with Crippen LogP contribution in [0.1, 0.15) is 234 Å². The average molecular weight is 1460 g/mol. The van der Waals surface area contributed by atoms with Crippen molar-refractivity contribution in [2.75, 3.05) is 0 Å².